The van der Waals surface area contributed by atoms with Crippen molar-refractivity contribution in [3.63, 3.8) is 0 Å². The second-order valence-electron chi connectivity index (χ2n) is 5.86. The van der Waals surface area contributed by atoms with E-state index >= 15 is 0 Å². The summed E-state index contributed by atoms with van der Waals surface area (Å²) < 4.78 is 5.68. The van der Waals surface area contributed by atoms with Crippen LogP contribution in [0.4, 0.5) is 0 Å². The van der Waals surface area contributed by atoms with Gasteiger partial charge in [-0.1, -0.05) is 43.7 Å². The summed E-state index contributed by atoms with van der Waals surface area (Å²) in [6.07, 6.45) is 3.49. The molecule has 20 heavy (non-hydrogen) atoms. The van der Waals surface area contributed by atoms with E-state index in [9.17, 15) is 5.11 Å². The van der Waals surface area contributed by atoms with Crippen LogP contribution in [0.25, 0.3) is 0 Å². The number of hydrogen-bond acceptors (Lipinski definition) is 3. The fraction of sp³-hybridized carbons (Fsp3) is 0.647. The quantitative estimate of drug-likeness (QED) is 0.831. The lowest BCUT2D eigenvalue weighted by molar-refractivity contribution is 0.0102. The van der Waals surface area contributed by atoms with E-state index < -0.39 is 0 Å². The fourth-order valence-corrected chi connectivity index (χ4v) is 2.75. The topological polar surface area (TPSA) is 32.7 Å². The number of hydrogen-bond donors (Lipinski definition) is 1. The van der Waals surface area contributed by atoms with Gasteiger partial charge in [0.15, 0.2) is 0 Å². The van der Waals surface area contributed by atoms with Gasteiger partial charge in [0.1, 0.15) is 0 Å². The summed E-state index contributed by atoms with van der Waals surface area (Å²) in [5, 5.41) is 10.0. The largest absolute Gasteiger partial charge is 0.389 e. The van der Waals surface area contributed by atoms with Gasteiger partial charge in [0.2, 0.25) is 0 Å². The Morgan fingerprint density at radius 1 is 1.10 bits per heavy atom. The van der Waals surface area contributed by atoms with E-state index in [1.165, 1.54) is 24.8 Å². The Morgan fingerprint density at radius 3 is 2.50 bits per heavy atom. The molecule has 1 fully saturated rings. The van der Waals surface area contributed by atoms with Crippen molar-refractivity contribution in [1.29, 1.82) is 0 Å². The van der Waals surface area contributed by atoms with Crippen molar-refractivity contribution in [2.45, 2.75) is 38.2 Å². The summed E-state index contributed by atoms with van der Waals surface area (Å²) in [5.41, 5.74) is 1.29. The second-order valence-corrected chi connectivity index (χ2v) is 5.86. The van der Waals surface area contributed by atoms with Gasteiger partial charge in [-0.25, -0.2) is 0 Å². The van der Waals surface area contributed by atoms with Crippen LogP contribution in [-0.2, 0) is 4.74 Å². The molecule has 0 spiro atoms. The zero-order valence-electron chi connectivity index (χ0n) is 12.5. The molecule has 3 heteroatoms. The molecule has 0 unspecified atom stereocenters. The third kappa shape index (κ3) is 5.23. The zero-order valence-corrected chi connectivity index (χ0v) is 12.5. The van der Waals surface area contributed by atoms with Crippen molar-refractivity contribution in [2.24, 2.45) is 0 Å². The Hall–Kier alpha value is -0.900. The molecule has 1 saturated heterocycles. The Kier molecular flexibility index (Phi) is 6.51. The number of piperidine rings is 1. The molecule has 0 saturated carbocycles. The maximum Gasteiger partial charge on any atom is 0.0900 e. The van der Waals surface area contributed by atoms with E-state index in [-0.39, 0.29) is 6.10 Å². The molecule has 2 rings (SSSR count). The summed E-state index contributed by atoms with van der Waals surface area (Å²) in [4.78, 5) is 2.35. The monoisotopic (exact) mass is 277 g/mol. The van der Waals surface area contributed by atoms with Gasteiger partial charge >= 0.3 is 0 Å². The Balaban J connectivity index is 1.62. The third-order valence-corrected chi connectivity index (χ3v) is 3.96. The van der Waals surface area contributed by atoms with E-state index in [0.717, 1.165) is 19.6 Å². The molecule has 0 bridgehead atoms. The van der Waals surface area contributed by atoms with E-state index in [0.29, 0.717) is 19.1 Å². The lowest BCUT2D eigenvalue weighted by Crippen LogP contribution is -2.38. The highest BCUT2D eigenvalue weighted by Crippen LogP contribution is 2.15. The lowest BCUT2D eigenvalue weighted by Gasteiger charge is -2.28. The molecule has 1 aromatic rings. The van der Waals surface area contributed by atoms with Crippen LogP contribution in [-0.4, -0.2) is 49.0 Å². The number of aliphatic hydroxyl groups is 1. The van der Waals surface area contributed by atoms with Crippen LogP contribution < -0.4 is 0 Å². The summed E-state index contributed by atoms with van der Waals surface area (Å²) in [6.45, 7) is 6.26. The van der Waals surface area contributed by atoms with Gasteiger partial charge < -0.3 is 14.7 Å². The van der Waals surface area contributed by atoms with Crippen LogP contribution in [0.2, 0.25) is 0 Å². The highest BCUT2D eigenvalue weighted by molar-refractivity contribution is 5.18. The second kappa shape index (κ2) is 8.40. The highest BCUT2D eigenvalue weighted by Gasteiger charge is 2.15. The molecule has 0 amide bonds. The first kappa shape index (κ1) is 15.5. The Morgan fingerprint density at radius 2 is 1.80 bits per heavy atom. The van der Waals surface area contributed by atoms with Crippen molar-refractivity contribution < 1.29 is 9.84 Å². The molecule has 3 nitrogen and oxygen atoms in total. The number of nitrogens with zero attached hydrogens (tertiary/aromatic N) is 1. The minimum absolute atomic E-state index is 0.365. The van der Waals surface area contributed by atoms with Gasteiger partial charge in [0.05, 0.1) is 19.3 Å². The third-order valence-electron chi connectivity index (χ3n) is 3.96. The summed E-state index contributed by atoms with van der Waals surface area (Å²) in [7, 11) is 0. The number of ether oxygens (including phenoxy) is 1. The van der Waals surface area contributed by atoms with Crippen molar-refractivity contribution in [1.82, 2.24) is 4.90 Å². The SMILES string of the molecule is C[C@@H](COC[C@H](O)CN1CCCCC1)c1ccccc1. The minimum Gasteiger partial charge on any atom is -0.389 e. The van der Waals surface area contributed by atoms with Crippen LogP contribution in [0.15, 0.2) is 30.3 Å². The first-order chi connectivity index (χ1) is 9.75. The fourth-order valence-electron chi connectivity index (χ4n) is 2.75. The smallest absolute Gasteiger partial charge is 0.0900 e. The molecule has 1 heterocycles. The van der Waals surface area contributed by atoms with Crippen LogP contribution in [0.3, 0.4) is 0 Å². The lowest BCUT2D eigenvalue weighted by atomic mass is 10.0. The van der Waals surface area contributed by atoms with Gasteiger partial charge in [-0.15, -0.1) is 0 Å². The van der Waals surface area contributed by atoms with Crippen LogP contribution in [0.1, 0.15) is 37.7 Å². The Labute approximate surface area is 122 Å². The molecule has 2 atom stereocenters. The molecule has 112 valence electrons. The van der Waals surface area contributed by atoms with E-state index in [2.05, 4.69) is 36.1 Å². The summed E-state index contributed by atoms with van der Waals surface area (Å²) >= 11 is 0. The van der Waals surface area contributed by atoms with Crippen molar-refractivity contribution >= 4 is 0 Å². The van der Waals surface area contributed by atoms with Crippen LogP contribution in [0.5, 0.6) is 0 Å². The van der Waals surface area contributed by atoms with Crippen LogP contribution in [0, 0.1) is 0 Å². The maximum atomic E-state index is 10.0. The van der Waals surface area contributed by atoms with Crippen LogP contribution >= 0.6 is 0 Å². The van der Waals surface area contributed by atoms with Crippen molar-refractivity contribution in [3.05, 3.63) is 35.9 Å². The Bertz CT molecular complexity index is 363. The first-order valence-corrected chi connectivity index (χ1v) is 7.79. The summed E-state index contributed by atoms with van der Waals surface area (Å²) in [6, 6.07) is 10.4. The number of β-amino-alcohol motifs (C(OH)–C–C–N with tert-alkyl or cyclic N) is 1. The molecule has 1 aliphatic rings. The van der Waals surface area contributed by atoms with E-state index in [1.54, 1.807) is 0 Å². The highest BCUT2D eigenvalue weighted by atomic mass is 16.5. The van der Waals surface area contributed by atoms with Crippen molar-refractivity contribution in [2.75, 3.05) is 32.8 Å². The average molecular weight is 277 g/mol. The normalized spacial score (nSPS) is 19.7. The van der Waals surface area contributed by atoms with Crippen molar-refractivity contribution in [3.8, 4) is 0 Å². The number of benzene rings is 1. The number of likely N-dealkylation sites (tertiary alicyclic amines) is 1. The van der Waals surface area contributed by atoms with E-state index in [4.69, 9.17) is 4.74 Å². The average Bonchev–Trinajstić information content (AvgIpc) is 2.49. The predicted octanol–water partition coefficient (Wildman–Crippen LogP) is 2.65. The minimum atomic E-state index is -0.365. The molecule has 1 aliphatic heterocycles. The molecule has 0 aliphatic carbocycles. The van der Waals surface area contributed by atoms with Gasteiger partial charge in [0.25, 0.3) is 0 Å². The molecule has 1 aromatic carbocycles. The standard InChI is InChI=1S/C17H27NO2/c1-15(16-8-4-2-5-9-16)13-20-14-17(19)12-18-10-6-3-7-11-18/h2,4-5,8-9,15,17,19H,3,6-7,10-14H2,1H3/t15-,17+/m0/s1. The molecule has 1 N–H and O–H groups in total. The molecular weight excluding hydrogens is 250 g/mol. The van der Waals surface area contributed by atoms with E-state index in [1.807, 2.05) is 6.07 Å². The van der Waals surface area contributed by atoms with Gasteiger partial charge in [-0.2, -0.15) is 0 Å². The number of aliphatic hydroxyl groups excluding tert-OH is 1. The molecule has 0 aromatic heterocycles. The van der Waals surface area contributed by atoms with Gasteiger partial charge in [-0.05, 0) is 31.5 Å². The predicted molar refractivity (Wildman–Crippen MR) is 82.0 cm³/mol. The summed E-state index contributed by atoms with van der Waals surface area (Å²) in [5.74, 6) is 0.374. The first-order valence-electron chi connectivity index (χ1n) is 7.79. The van der Waals surface area contributed by atoms with Gasteiger partial charge in [-0.3, -0.25) is 0 Å². The maximum absolute atomic E-state index is 10.0. The van der Waals surface area contributed by atoms with Gasteiger partial charge in [0, 0.05) is 12.5 Å². The zero-order chi connectivity index (χ0) is 14.2. The molecule has 0 radical (unpaired) electrons. The molecular formula is C17H27NO2. The number of rotatable bonds is 7.